The van der Waals surface area contributed by atoms with Gasteiger partial charge in [-0.15, -0.1) is 11.3 Å². The Morgan fingerprint density at radius 2 is 2.60 bits per heavy atom. The lowest BCUT2D eigenvalue weighted by molar-refractivity contribution is 0.269. The van der Waals surface area contributed by atoms with E-state index in [-0.39, 0.29) is 12.6 Å². The highest BCUT2D eigenvalue weighted by Crippen LogP contribution is 2.17. The second-order valence-electron chi connectivity index (χ2n) is 2.07. The van der Waals surface area contributed by atoms with Gasteiger partial charge < -0.3 is 10.8 Å². The van der Waals surface area contributed by atoms with E-state index in [4.69, 9.17) is 10.8 Å². The fraction of sp³-hybridized carbons (Fsp3) is 0.500. The highest BCUT2D eigenvalue weighted by Gasteiger charge is 2.06. The second kappa shape index (κ2) is 3.09. The number of nitrogens with two attached hydrogens (primary N) is 1. The van der Waals surface area contributed by atoms with Gasteiger partial charge in [0.1, 0.15) is 0 Å². The van der Waals surface area contributed by atoms with Crippen molar-refractivity contribution in [3.05, 3.63) is 16.1 Å². The topological polar surface area (TPSA) is 59.1 Å². The molecule has 10 heavy (non-hydrogen) atoms. The third-order valence-corrected chi connectivity index (χ3v) is 2.25. The van der Waals surface area contributed by atoms with Gasteiger partial charge in [-0.25, -0.2) is 4.98 Å². The molecular weight excluding hydrogens is 148 g/mol. The predicted molar refractivity (Wildman–Crippen MR) is 40.9 cm³/mol. The van der Waals surface area contributed by atoms with Crippen molar-refractivity contribution >= 4 is 11.3 Å². The molecule has 0 radical (unpaired) electrons. The zero-order valence-corrected chi connectivity index (χ0v) is 6.56. The van der Waals surface area contributed by atoms with E-state index in [9.17, 15) is 0 Å². The maximum Gasteiger partial charge on any atom is 0.0897 e. The number of nitrogens with zero attached hydrogens (tertiary/aromatic N) is 1. The minimum Gasteiger partial charge on any atom is -0.394 e. The van der Waals surface area contributed by atoms with Crippen LogP contribution in [0.5, 0.6) is 0 Å². The van der Waals surface area contributed by atoms with Crippen LogP contribution in [-0.4, -0.2) is 16.7 Å². The number of aryl methyl sites for hydroxylation is 1. The van der Waals surface area contributed by atoms with Crippen molar-refractivity contribution in [1.82, 2.24) is 4.98 Å². The summed E-state index contributed by atoms with van der Waals surface area (Å²) in [4.78, 5) is 4.96. The second-order valence-corrected chi connectivity index (χ2v) is 3.34. The normalized spacial score (nSPS) is 13.5. The first kappa shape index (κ1) is 7.65. The number of rotatable bonds is 2. The third-order valence-electron chi connectivity index (χ3n) is 1.20. The highest BCUT2D eigenvalue weighted by atomic mass is 32.1. The summed E-state index contributed by atoms with van der Waals surface area (Å²) in [6, 6.07) is -0.258. The van der Waals surface area contributed by atoms with Crippen LogP contribution in [0.2, 0.25) is 0 Å². The van der Waals surface area contributed by atoms with Gasteiger partial charge >= 0.3 is 0 Å². The first-order chi connectivity index (χ1) is 4.74. The molecule has 0 aromatic carbocycles. The number of thiazole rings is 1. The average Bonchev–Trinajstić information content (AvgIpc) is 2.34. The van der Waals surface area contributed by atoms with Crippen LogP contribution in [0.4, 0.5) is 0 Å². The van der Waals surface area contributed by atoms with Gasteiger partial charge in [0.2, 0.25) is 0 Å². The SMILES string of the molecule is Cc1ncc(C(N)CO)s1. The molecule has 0 aliphatic rings. The molecule has 4 heteroatoms. The molecule has 0 bridgehead atoms. The first-order valence-corrected chi connectivity index (χ1v) is 3.84. The standard InChI is InChI=1S/C6H10N2OS/c1-4-8-2-6(10-4)5(7)3-9/h2,5,9H,3,7H2,1H3. The molecule has 0 saturated carbocycles. The van der Waals surface area contributed by atoms with E-state index in [0.717, 1.165) is 9.88 Å². The van der Waals surface area contributed by atoms with Crippen molar-refractivity contribution < 1.29 is 5.11 Å². The summed E-state index contributed by atoms with van der Waals surface area (Å²) in [5, 5.41) is 9.64. The van der Waals surface area contributed by atoms with Crippen molar-refractivity contribution in [2.24, 2.45) is 5.73 Å². The first-order valence-electron chi connectivity index (χ1n) is 3.03. The molecule has 1 atom stereocenters. The lowest BCUT2D eigenvalue weighted by atomic mass is 10.3. The summed E-state index contributed by atoms with van der Waals surface area (Å²) >= 11 is 1.52. The van der Waals surface area contributed by atoms with Gasteiger partial charge in [-0.1, -0.05) is 0 Å². The maximum absolute atomic E-state index is 8.65. The van der Waals surface area contributed by atoms with Gasteiger partial charge in [-0.05, 0) is 6.92 Å². The average molecular weight is 158 g/mol. The van der Waals surface area contributed by atoms with Gasteiger partial charge in [-0.2, -0.15) is 0 Å². The summed E-state index contributed by atoms with van der Waals surface area (Å²) in [7, 11) is 0. The van der Waals surface area contributed by atoms with E-state index < -0.39 is 0 Å². The van der Waals surface area contributed by atoms with E-state index >= 15 is 0 Å². The Bertz CT molecular complexity index is 211. The zero-order valence-electron chi connectivity index (χ0n) is 5.74. The van der Waals surface area contributed by atoms with E-state index in [1.807, 2.05) is 6.92 Å². The molecule has 0 fully saturated rings. The fourth-order valence-corrected chi connectivity index (χ4v) is 1.42. The minimum atomic E-state index is -0.258. The zero-order chi connectivity index (χ0) is 7.56. The van der Waals surface area contributed by atoms with Crippen LogP contribution in [0.3, 0.4) is 0 Å². The molecule has 1 rings (SSSR count). The van der Waals surface area contributed by atoms with Crippen LogP contribution in [0, 0.1) is 6.92 Å². The quantitative estimate of drug-likeness (QED) is 0.656. The Kier molecular flexibility index (Phi) is 2.37. The van der Waals surface area contributed by atoms with Crippen LogP contribution in [0.1, 0.15) is 15.9 Å². The molecule has 3 N–H and O–H groups in total. The molecule has 1 aromatic rings. The maximum atomic E-state index is 8.65. The molecule has 1 aromatic heterocycles. The van der Waals surface area contributed by atoms with Crippen LogP contribution in [0.15, 0.2) is 6.20 Å². The van der Waals surface area contributed by atoms with Crippen molar-refractivity contribution in [3.8, 4) is 0 Å². The van der Waals surface area contributed by atoms with Crippen molar-refractivity contribution in [2.75, 3.05) is 6.61 Å². The third kappa shape index (κ3) is 1.53. The fourth-order valence-electron chi connectivity index (χ4n) is 0.639. The molecule has 0 spiro atoms. The van der Waals surface area contributed by atoms with Gasteiger partial charge in [0, 0.05) is 11.1 Å². The molecule has 0 aliphatic carbocycles. The Hall–Kier alpha value is -0.450. The van der Waals surface area contributed by atoms with Gasteiger partial charge in [0.25, 0.3) is 0 Å². The monoisotopic (exact) mass is 158 g/mol. The van der Waals surface area contributed by atoms with Crippen molar-refractivity contribution in [1.29, 1.82) is 0 Å². The number of aliphatic hydroxyl groups excluding tert-OH is 1. The van der Waals surface area contributed by atoms with Gasteiger partial charge in [-0.3, -0.25) is 0 Å². The summed E-state index contributed by atoms with van der Waals surface area (Å²) in [5.41, 5.74) is 5.53. The number of hydrogen-bond acceptors (Lipinski definition) is 4. The van der Waals surface area contributed by atoms with Crippen LogP contribution < -0.4 is 5.73 Å². The number of aromatic nitrogens is 1. The van der Waals surface area contributed by atoms with E-state index in [1.165, 1.54) is 11.3 Å². The summed E-state index contributed by atoms with van der Waals surface area (Å²) in [6.45, 7) is 1.90. The molecule has 56 valence electrons. The molecule has 1 unspecified atom stereocenters. The molecule has 3 nitrogen and oxygen atoms in total. The molecule has 0 saturated heterocycles. The van der Waals surface area contributed by atoms with Crippen LogP contribution >= 0.6 is 11.3 Å². The van der Waals surface area contributed by atoms with Gasteiger partial charge in [0.05, 0.1) is 17.7 Å². The molecule has 0 aliphatic heterocycles. The number of aliphatic hydroxyl groups is 1. The summed E-state index contributed by atoms with van der Waals surface area (Å²) < 4.78 is 0. The van der Waals surface area contributed by atoms with Crippen LogP contribution in [0.25, 0.3) is 0 Å². The predicted octanol–water partition coefficient (Wildman–Crippen LogP) is 0.444. The minimum absolute atomic E-state index is 0.0123. The van der Waals surface area contributed by atoms with Crippen LogP contribution in [-0.2, 0) is 0 Å². The van der Waals surface area contributed by atoms with Gasteiger partial charge in [0.15, 0.2) is 0 Å². The van der Waals surface area contributed by atoms with Crippen molar-refractivity contribution in [2.45, 2.75) is 13.0 Å². The summed E-state index contributed by atoms with van der Waals surface area (Å²) in [5.74, 6) is 0. The molecule has 0 amide bonds. The lowest BCUT2D eigenvalue weighted by Crippen LogP contribution is -2.12. The van der Waals surface area contributed by atoms with E-state index in [2.05, 4.69) is 4.98 Å². The highest BCUT2D eigenvalue weighted by molar-refractivity contribution is 7.11. The Labute approximate surface area is 63.5 Å². The lowest BCUT2D eigenvalue weighted by Gasteiger charge is -2.01. The Morgan fingerprint density at radius 1 is 1.90 bits per heavy atom. The smallest absolute Gasteiger partial charge is 0.0897 e. The number of hydrogen-bond donors (Lipinski definition) is 2. The molecule has 1 heterocycles. The Morgan fingerprint density at radius 3 is 3.00 bits per heavy atom. The summed E-state index contributed by atoms with van der Waals surface area (Å²) in [6.07, 6.45) is 1.71. The van der Waals surface area contributed by atoms with Crippen molar-refractivity contribution in [3.63, 3.8) is 0 Å². The van der Waals surface area contributed by atoms with E-state index in [1.54, 1.807) is 6.20 Å². The van der Waals surface area contributed by atoms with E-state index in [0.29, 0.717) is 0 Å². The Balaban J connectivity index is 2.74. The largest absolute Gasteiger partial charge is 0.394 e. The molecular formula is C6H10N2OS.